The van der Waals surface area contributed by atoms with Crippen molar-refractivity contribution in [3.05, 3.63) is 66.0 Å². The second-order valence-electron chi connectivity index (χ2n) is 7.80. The third kappa shape index (κ3) is 4.01. The van der Waals surface area contributed by atoms with E-state index in [2.05, 4.69) is 4.57 Å². The van der Waals surface area contributed by atoms with Gasteiger partial charge in [-0.05, 0) is 42.5 Å². The molecule has 6 nitrogen and oxygen atoms in total. The van der Waals surface area contributed by atoms with E-state index in [9.17, 15) is 14.7 Å². The summed E-state index contributed by atoms with van der Waals surface area (Å²) in [5, 5.41) is 9.37. The van der Waals surface area contributed by atoms with E-state index in [0.717, 1.165) is 16.9 Å². The molecular weight excluding hydrogens is 366 g/mol. The summed E-state index contributed by atoms with van der Waals surface area (Å²) in [5.74, 6) is 0.248. The number of carboxylic acids is 1. The highest BCUT2D eigenvalue weighted by molar-refractivity contribution is 5.94. The molecule has 1 N–H and O–H groups in total. The number of hydrogen-bond acceptors (Lipinski definition) is 3. The number of piperidine rings is 1. The van der Waals surface area contributed by atoms with Crippen molar-refractivity contribution >= 4 is 22.9 Å². The maximum atomic E-state index is 12.9. The van der Waals surface area contributed by atoms with E-state index < -0.39 is 5.97 Å². The van der Waals surface area contributed by atoms with Crippen LogP contribution in [0.3, 0.4) is 0 Å². The number of carboxylic acid groups (broad SMARTS) is 1. The second kappa shape index (κ2) is 8.07. The quantitative estimate of drug-likeness (QED) is 0.724. The first-order valence-electron chi connectivity index (χ1n) is 9.99. The van der Waals surface area contributed by atoms with Gasteiger partial charge in [0.25, 0.3) is 5.91 Å². The van der Waals surface area contributed by atoms with Crippen molar-refractivity contribution < 1.29 is 14.7 Å². The third-order valence-corrected chi connectivity index (χ3v) is 5.96. The van der Waals surface area contributed by atoms with Crippen molar-refractivity contribution in [3.8, 4) is 0 Å². The molecule has 3 aromatic rings. The minimum Gasteiger partial charge on any atom is -0.481 e. The number of aliphatic carboxylic acids is 1. The molecule has 0 radical (unpaired) electrons. The summed E-state index contributed by atoms with van der Waals surface area (Å²) in [6, 6.07) is 17.2. The molecule has 1 aromatic heterocycles. The number of para-hydroxylation sites is 2. The van der Waals surface area contributed by atoms with E-state index in [4.69, 9.17) is 4.98 Å². The van der Waals surface area contributed by atoms with Crippen LogP contribution in [-0.4, -0.2) is 44.5 Å². The Morgan fingerprint density at radius 1 is 1.07 bits per heavy atom. The minimum absolute atomic E-state index is 0.00868. The van der Waals surface area contributed by atoms with Crippen LogP contribution in [0.5, 0.6) is 0 Å². The Bertz CT molecular complexity index is 1030. The molecule has 6 heteroatoms. The van der Waals surface area contributed by atoms with Crippen molar-refractivity contribution in [2.24, 2.45) is 18.9 Å². The highest BCUT2D eigenvalue weighted by Crippen LogP contribution is 2.31. The Morgan fingerprint density at radius 3 is 2.52 bits per heavy atom. The summed E-state index contributed by atoms with van der Waals surface area (Å²) in [6.07, 6.45) is 1.48. The summed E-state index contributed by atoms with van der Waals surface area (Å²) in [7, 11) is 1.99. The molecule has 2 heterocycles. The van der Waals surface area contributed by atoms with Gasteiger partial charge in [-0.1, -0.05) is 30.3 Å². The number of imidazole rings is 1. The van der Waals surface area contributed by atoms with Gasteiger partial charge in [-0.15, -0.1) is 0 Å². The lowest BCUT2D eigenvalue weighted by Gasteiger charge is -2.38. The smallest absolute Gasteiger partial charge is 0.303 e. The summed E-state index contributed by atoms with van der Waals surface area (Å²) in [5.41, 5.74) is 2.67. The summed E-state index contributed by atoms with van der Waals surface area (Å²) < 4.78 is 2.07. The van der Waals surface area contributed by atoms with Crippen LogP contribution in [0.25, 0.3) is 11.0 Å². The van der Waals surface area contributed by atoms with E-state index in [-0.39, 0.29) is 24.2 Å². The van der Waals surface area contributed by atoms with Crippen molar-refractivity contribution in [1.29, 1.82) is 0 Å². The number of likely N-dealkylation sites (tertiary alicyclic amines) is 1. The molecule has 1 amide bonds. The van der Waals surface area contributed by atoms with Crippen LogP contribution >= 0.6 is 0 Å². The summed E-state index contributed by atoms with van der Waals surface area (Å²) in [6.45, 7) is 1.14. The number of aryl methyl sites for hydroxylation is 1. The number of carbonyl (C=O) groups excluding carboxylic acids is 1. The largest absolute Gasteiger partial charge is 0.481 e. The molecule has 2 atom stereocenters. The molecular formula is C23H25N3O3. The first-order chi connectivity index (χ1) is 14.0. The van der Waals surface area contributed by atoms with E-state index >= 15 is 0 Å². The predicted octanol–water partition coefficient (Wildman–Crippen LogP) is 3.37. The predicted molar refractivity (Wildman–Crippen MR) is 111 cm³/mol. The monoisotopic (exact) mass is 391 g/mol. The molecule has 2 aromatic carbocycles. The number of fused-ring (bicyclic) bond motifs is 1. The van der Waals surface area contributed by atoms with Gasteiger partial charge >= 0.3 is 5.97 Å². The van der Waals surface area contributed by atoms with Crippen LogP contribution in [-0.2, 0) is 18.3 Å². The Kier molecular flexibility index (Phi) is 5.34. The summed E-state index contributed by atoms with van der Waals surface area (Å²) in [4.78, 5) is 31.0. The van der Waals surface area contributed by atoms with E-state index in [1.54, 1.807) is 0 Å². The molecule has 29 heavy (non-hydrogen) atoms. The first kappa shape index (κ1) is 19.2. The van der Waals surface area contributed by atoms with Crippen LogP contribution in [0.1, 0.15) is 29.0 Å². The molecule has 0 saturated carbocycles. The maximum Gasteiger partial charge on any atom is 0.303 e. The molecule has 150 valence electrons. The molecule has 1 aliphatic heterocycles. The number of hydrogen-bond donors (Lipinski definition) is 1. The van der Waals surface area contributed by atoms with Gasteiger partial charge in [0.2, 0.25) is 0 Å². The average molecular weight is 391 g/mol. The lowest BCUT2D eigenvalue weighted by Crippen LogP contribution is -2.45. The molecule has 0 bridgehead atoms. The fourth-order valence-electron chi connectivity index (χ4n) is 4.37. The van der Waals surface area contributed by atoms with Gasteiger partial charge in [-0.2, -0.15) is 0 Å². The molecule has 2 unspecified atom stereocenters. The van der Waals surface area contributed by atoms with E-state index in [0.29, 0.717) is 31.5 Å². The Labute approximate surface area is 169 Å². The van der Waals surface area contributed by atoms with E-state index in [1.165, 1.54) is 0 Å². The normalized spacial score (nSPS) is 19.4. The minimum atomic E-state index is -0.784. The lowest BCUT2D eigenvalue weighted by molar-refractivity contribution is -0.139. The highest BCUT2D eigenvalue weighted by Gasteiger charge is 2.34. The molecule has 0 aliphatic carbocycles. The Balaban J connectivity index is 1.58. The van der Waals surface area contributed by atoms with Crippen LogP contribution in [0.15, 0.2) is 54.6 Å². The molecule has 1 saturated heterocycles. The zero-order valence-corrected chi connectivity index (χ0v) is 16.5. The van der Waals surface area contributed by atoms with Gasteiger partial charge in [0.05, 0.1) is 11.0 Å². The number of nitrogens with zero attached hydrogens (tertiary/aromatic N) is 3. The van der Waals surface area contributed by atoms with Crippen LogP contribution < -0.4 is 0 Å². The fourth-order valence-corrected chi connectivity index (χ4v) is 4.37. The van der Waals surface area contributed by atoms with Gasteiger partial charge in [-0.3, -0.25) is 9.59 Å². The number of carbonyl (C=O) groups is 2. The highest BCUT2D eigenvalue weighted by atomic mass is 16.4. The van der Waals surface area contributed by atoms with Gasteiger partial charge in [0, 0.05) is 38.5 Å². The lowest BCUT2D eigenvalue weighted by atomic mass is 9.80. The molecule has 0 spiro atoms. The zero-order valence-electron chi connectivity index (χ0n) is 16.5. The van der Waals surface area contributed by atoms with Gasteiger partial charge in [-0.25, -0.2) is 4.98 Å². The Hall–Kier alpha value is -3.15. The topological polar surface area (TPSA) is 75.4 Å². The number of benzene rings is 2. The molecule has 1 aliphatic rings. The van der Waals surface area contributed by atoms with Crippen molar-refractivity contribution in [2.45, 2.75) is 19.3 Å². The van der Waals surface area contributed by atoms with Crippen molar-refractivity contribution in [2.75, 3.05) is 13.1 Å². The molecule has 4 rings (SSSR count). The molecule has 1 fully saturated rings. The van der Waals surface area contributed by atoms with Gasteiger partial charge < -0.3 is 14.6 Å². The van der Waals surface area contributed by atoms with E-state index in [1.807, 2.05) is 66.5 Å². The summed E-state index contributed by atoms with van der Waals surface area (Å²) >= 11 is 0. The number of rotatable bonds is 5. The number of amides is 1. The van der Waals surface area contributed by atoms with Crippen molar-refractivity contribution in [3.63, 3.8) is 0 Å². The van der Waals surface area contributed by atoms with Crippen LogP contribution in [0.2, 0.25) is 0 Å². The fraction of sp³-hybridized carbons (Fsp3) is 0.348. The van der Waals surface area contributed by atoms with Crippen LogP contribution in [0, 0.1) is 11.8 Å². The SMILES string of the molecule is Cn1c(CC2CN(C(=O)c3ccccc3)CCC2CC(=O)O)nc2ccccc21. The maximum absolute atomic E-state index is 12.9. The number of aromatic nitrogens is 2. The van der Waals surface area contributed by atoms with Gasteiger partial charge in [0.15, 0.2) is 0 Å². The van der Waals surface area contributed by atoms with Crippen LogP contribution in [0.4, 0.5) is 0 Å². The second-order valence-corrected chi connectivity index (χ2v) is 7.80. The Morgan fingerprint density at radius 2 is 1.79 bits per heavy atom. The van der Waals surface area contributed by atoms with Crippen molar-refractivity contribution in [1.82, 2.24) is 14.5 Å². The first-order valence-corrected chi connectivity index (χ1v) is 9.99. The standard InChI is InChI=1S/C23H25N3O3/c1-25-20-10-6-5-9-19(20)24-21(25)13-18-15-26(12-11-17(18)14-22(27)28)23(29)16-7-3-2-4-8-16/h2-10,17-18H,11-15H2,1H3,(H,27,28). The average Bonchev–Trinajstić information content (AvgIpc) is 3.05. The zero-order chi connectivity index (χ0) is 20.4. The third-order valence-electron chi connectivity index (χ3n) is 5.96. The van der Waals surface area contributed by atoms with Gasteiger partial charge in [0.1, 0.15) is 5.82 Å².